The molecule has 13 atom stereocenters. The first-order chi connectivity index (χ1) is 31.5. The molecule has 0 radical (unpaired) electrons. The van der Waals surface area contributed by atoms with Crippen LogP contribution in [0.15, 0.2) is 38.0 Å². The van der Waals surface area contributed by atoms with E-state index in [4.69, 9.17) is 54.2 Å². The lowest BCUT2D eigenvalue weighted by atomic mass is 10.1. The van der Waals surface area contributed by atoms with Crippen molar-refractivity contribution in [3.8, 4) is 0 Å². The summed E-state index contributed by atoms with van der Waals surface area (Å²) in [6.07, 6.45) is -7.80. The molecule has 3 aliphatic rings. The standard InChI is InChI=1S/C33H41N15O16P2/c1-57-23-16(6-59-65(53,54)63-14-4-13(2-3-17(49)50)60-31(14)46-10-43-18-25(34)37-7-40-28(18)46)62-33(48-12-45-20-27(36)39-9-42-30(20)48)24(23)64-66(55,56)58-5-15-21(51)22(52)32(61-15)47-11-44-19-26(35)38-8-41-29(19)47/h7-16,21-24,31-33,51-52H,2-6H2,1H3,(H,49,50)(H,53,54)(H,55,56)(H2,34,37,40)(H2,35,38,41)(H2,36,39,42). The molecule has 9 heterocycles. The second-order valence-corrected chi connectivity index (χ2v) is 17.9. The number of carboxylic acids is 1. The molecule has 6 aromatic rings. The van der Waals surface area contributed by atoms with E-state index in [2.05, 4.69) is 44.9 Å². The van der Waals surface area contributed by atoms with E-state index in [0.717, 1.165) is 6.33 Å². The van der Waals surface area contributed by atoms with Crippen molar-refractivity contribution in [2.24, 2.45) is 0 Å². The van der Waals surface area contributed by atoms with E-state index < -0.39 is 102 Å². The van der Waals surface area contributed by atoms with Crippen LogP contribution in [0.1, 0.15) is 37.9 Å². The fourth-order valence-corrected chi connectivity index (χ4v) is 9.83. The monoisotopic (exact) mass is 965 g/mol. The second-order valence-electron chi connectivity index (χ2n) is 15.1. The van der Waals surface area contributed by atoms with Crippen LogP contribution in [0.2, 0.25) is 0 Å². The fraction of sp³-hybridized carbons (Fsp3) is 0.515. The predicted molar refractivity (Wildman–Crippen MR) is 217 cm³/mol. The van der Waals surface area contributed by atoms with E-state index in [1.807, 2.05) is 0 Å². The summed E-state index contributed by atoms with van der Waals surface area (Å²) in [4.78, 5) is 70.5. The first-order valence-electron chi connectivity index (χ1n) is 19.7. The van der Waals surface area contributed by atoms with Crippen molar-refractivity contribution < 1.29 is 76.1 Å². The largest absolute Gasteiger partial charge is 0.481 e. The van der Waals surface area contributed by atoms with Gasteiger partial charge in [0.05, 0.1) is 38.3 Å². The molecule has 31 nitrogen and oxygen atoms in total. The van der Waals surface area contributed by atoms with Crippen LogP contribution < -0.4 is 17.2 Å². The summed E-state index contributed by atoms with van der Waals surface area (Å²) in [7, 11) is -9.10. The van der Waals surface area contributed by atoms with Crippen LogP contribution in [-0.4, -0.2) is 159 Å². The predicted octanol–water partition coefficient (Wildman–Crippen LogP) is -1.06. The number of methoxy groups -OCH3 is 1. The van der Waals surface area contributed by atoms with Crippen LogP contribution in [0.3, 0.4) is 0 Å². The summed E-state index contributed by atoms with van der Waals surface area (Å²) in [6, 6.07) is 0. The van der Waals surface area contributed by atoms with Crippen LogP contribution in [0.25, 0.3) is 33.5 Å². The molecule has 0 amide bonds. The molecular weight excluding hydrogens is 924 g/mol. The lowest BCUT2D eigenvalue weighted by molar-refractivity contribution is -0.138. The van der Waals surface area contributed by atoms with Gasteiger partial charge in [-0.25, -0.2) is 54.0 Å². The maximum absolute atomic E-state index is 13.8. The smallest absolute Gasteiger partial charge is 0.472 e. The van der Waals surface area contributed by atoms with E-state index in [9.17, 15) is 39.0 Å². The van der Waals surface area contributed by atoms with Gasteiger partial charge in [0.15, 0.2) is 53.1 Å². The number of rotatable bonds is 17. The average molecular weight is 966 g/mol. The number of carboxylic acid groups (broad SMARTS) is 1. The molecule has 0 saturated carbocycles. The Balaban J connectivity index is 0.921. The number of phosphoric ester groups is 2. The van der Waals surface area contributed by atoms with Crippen LogP contribution in [-0.2, 0) is 51.0 Å². The maximum Gasteiger partial charge on any atom is 0.472 e. The zero-order valence-electron chi connectivity index (χ0n) is 34.1. The van der Waals surface area contributed by atoms with Crippen LogP contribution in [0.5, 0.6) is 0 Å². The number of imidazole rings is 3. The number of nitrogen functional groups attached to an aromatic ring is 3. The lowest BCUT2D eigenvalue weighted by Gasteiger charge is -2.26. The molecule has 33 heteroatoms. The van der Waals surface area contributed by atoms with Gasteiger partial charge >= 0.3 is 21.6 Å². The van der Waals surface area contributed by atoms with Gasteiger partial charge in [-0.3, -0.25) is 36.6 Å². The summed E-state index contributed by atoms with van der Waals surface area (Å²) >= 11 is 0. The molecule has 66 heavy (non-hydrogen) atoms. The minimum Gasteiger partial charge on any atom is -0.481 e. The molecular formula is C33H41N15O16P2. The maximum atomic E-state index is 13.8. The third kappa shape index (κ3) is 8.77. The zero-order chi connectivity index (χ0) is 46.7. The Kier molecular flexibility index (Phi) is 12.4. The number of hydrogen-bond acceptors (Lipinski definition) is 25. The summed E-state index contributed by atoms with van der Waals surface area (Å²) < 4.78 is 77.5. The van der Waals surface area contributed by atoms with Crippen molar-refractivity contribution in [3.63, 3.8) is 0 Å². The number of aliphatic hydroxyl groups excluding tert-OH is 2. The second kappa shape index (κ2) is 18.0. The highest BCUT2D eigenvalue weighted by atomic mass is 31.2. The number of aliphatic hydroxyl groups is 2. The third-order valence-electron chi connectivity index (χ3n) is 11.0. The molecule has 0 aliphatic carbocycles. The van der Waals surface area contributed by atoms with E-state index in [1.165, 1.54) is 52.4 Å². The van der Waals surface area contributed by atoms with Gasteiger partial charge < -0.3 is 61.3 Å². The van der Waals surface area contributed by atoms with Gasteiger partial charge in [-0.05, 0) is 6.42 Å². The minimum atomic E-state index is -5.22. The lowest BCUT2D eigenvalue weighted by Crippen LogP contribution is -2.37. The van der Waals surface area contributed by atoms with Crippen molar-refractivity contribution >= 4 is 72.6 Å². The van der Waals surface area contributed by atoms with Gasteiger partial charge in [0.2, 0.25) is 0 Å². The molecule has 3 aliphatic heterocycles. The number of nitrogens with zero attached hydrogens (tertiary/aromatic N) is 12. The third-order valence-corrected chi connectivity index (χ3v) is 13.0. The molecule has 0 bridgehead atoms. The summed E-state index contributed by atoms with van der Waals surface area (Å²) in [5.41, 5.74) is 18.9. The number of fused-ring (bicyclic) bond motifs is 3. The molecule has 3 fully saturated rings. The van der Waals surface area contributed by atoms with Crippen molar-refractivity contribution in [2.75, 3.05) is 37.5 Å². The summed E-state index contributed by atoms with van der Waals surface area (Å²) in [5, 5.41) is 31.1. The Morgan fingerprint density at radius 1 is 0.682 bits per heavy atom. The highest BCUT2D eigenvalue weighted by Gasteiger charge is 2.53. The zero-order valence-corrected chi connectivity index (χ0v) is 35.9. The van der Waals surface area contributed by atoms with E-state index in [1.54, 1.807) is 0 Å². The highest BCUT2D eigenvalue weighted by Crippen LogP contribution is 2.53. The molecule has 13 unspecified atom stereocenters. The number of aromatic nitrogens is 12. The van der Waals surface area contributed by atoms with Gasteiger partial charge in [-0.15, -0.1) is 0 Å². The number of nitrogens with two attached hydrogens (primary N) is 3. The van der Waals surface area contributed by atoms with Gasteiger partial charge in [0.1, 0.15) is 78.3 Å². The number of carbonyl (C=O) groups is 1. The Labute approximate surface area is 369 Å². The number of ether oxygens (including phenoxy) is 4. The Morgan fingerprint density at radius 3 is 1.70 bits per heavy atom. The molecule has 6 aromatic heterocycles. The molecule has 11 N–H and O–H groups in total. The number of aliphatic carboxylic acids is 1. The number of phosphoric acid groups is 2. The molecule has 0 aromatic carbocycles. The van der Waals surface area contributed by atoms with Gasteiger partial charge in [0.25, 0.3) is 0 Å². The Bertz CT molecular complexity index is 2850. The quantitative estimate of drug-likeness (QED) is 0.0505. The van der Waals surface area contributed by atoms with E-state index in [0.29, 0.717) is 0 Å². The number of anilines is 3. The van der Waals surface area contributed by atoms with E-state index >= 15 is 0 Å². The summed E-state index contributed by atoms with van der Waals surface area (Å²) in [6.45, 7) is -1.56. The number of hydrogen-bond donors (Lipinski definition) is 8. The molecule has 9 rings (SSSR count). The van der Waals surface area contributed by atoms with Crippen molar-refractivity contribution in [1.29, 1.82) is 0 Å². The SMILES string of the molecule is COC1C(COP(=O)(O)OC2CC(CCC(=O)O)OC2n2cnc3c(N)ncnc32)OC(n2cnc3c(N)ncnc32)C1OP(=O)(O)OCC1OC(n2cnc3c(N)ncnc32)C(O)C1O. The molecule has 354 valence electrons. The minimum absolute atomic E-state index is 0.0128. The van der Waals surface area contributed by atoms with Crippen LogP contribution in [0.4, 0.5) is 17.5 Å². The highest BCUT2D eigenvalue weighted by molar-refractivity contribution is 7.47. The normalized spacial score (nSPS) is 29.8. The van der Waals surface area contributed by atoms with E-state index in [-0.39, 0.29) is 70.2 Å². The molecule has 3 saturated heterocycles. The van der Waals surface area contributed by atoms with Crippen LogP contribution >= 0.6 is 15.6 Å². The average Bonchev–Trinajstić information content (AvgIpc) is 4.14. The first kappa shape index (κ1) is 45.6. The van der Waals surface area contributed by atoms with Gasteiger partial charge in [-0.2, -0.15) is 0 Å². The van der Waals surface area contributed by atoms with Crippen molar-refractivity contribution in [1.82, 2.24) is 58.6 Å². The fourth-order valence-electron chi connectivity index (χ4n) is 7.98. The van der Waals surface area contributed by atoms with Gasteiger partial charge in [-0.1, -0.05) is 0 Å². The summed E-state index contributed by atoms with van der Waals surface area (Å²) in [5.74, 6) is -0.989. The van der Waals surface area contributed by atoms with Gasteiger partial charge in [0, 0.05) is 20.0 Å². The Hall–Kier alpha value is -5.50. The van der Waals surface area contributed by atoms with Crippen molar-refractivity contribution in [2.45, 2.75) is 86.8 Å². The Morgan fingerprint density at radius 2 is 1.17 bits per heavy atom. The molecule has 0 spiro atoms. The first-order valence-corrected chi connectivity index (χ1v) is 22.7. The topological polar surface area (TPSA) is 435 Å². The van der Waals surface area contributed by atoms with Crippen molar-refractivity contribution in [3.05, 3.63) is 38.0 Å². The van der Waals surface area contributed by atoms with Crippen LogP contribution in [0, 0.1) is 0 Å².